The molecule has 1 aliphatic rings. The summed E-state index contributed by atoms with van der Waals surface area (Å²) in [5.41, 5.74) is 6.56. The lowest BCUT2D eigenvalue weighted by molar-refractivity contribution is -0.138. The Balaban J connectivity index is 1.76. The summed E-state index contributed by atoms with van der Waals surface area (Å²) in [6.45, 7) is 0. The zero-order chi connectivity index (χ0) is 18.0. The van der Waals surface area contributed by atoms with Crippen molar-refractivity contribution in [3.63, 3.8) is 0 Å². The molecular weight excluding hydrogens is 344 g/mol. The predicted octanol–water partition coefficient (Wildman–Crippen LogP) is 1.78. The van der Waals surface area contributed by atoms with E-state index in [9.17, 15) is 14.4 Å². The van der Waals surface area contributed by atoms with E-state index in [1.165, 1.54) is 12.1 Å². The third-order valence-electron chi connectivity index (χ3n) is 3.56. The summed E-state index contributed by atoms with van der Waals surface area (Å²) >= 11 is 5.76. The second kappa shape index (κ2) is 6.74. The number of halogens is 1. The maximum absolute atomic E-state index is 12.5. The normalized spacial score (nSPS) is 16.5. The van der Waals surface area contributed by atoms with Crippen molar-refractivity contribution in [3.05, 3.63) is 59.6 Å². The maximum atomic E-state index is 12.5. The number of amidine groups is 1. The van der Waals surface area contributed by atoms with E-state index >= 15 is 0 Å². The Labute approximate surface area is 148 Å². The van der Waals surface area contributed by atoms with Crippen LogP contribution in [-0.2, 0) is 14.4 Å². The van der Waals surface area contributed by atoms with E-state index in [2.05, 4.69) is 10.4 Å². The summed E-state index contributed by atoms with van der Waals surface area (Å²) in [7, 11) is 0. The second-order valence-electron chi connectivity index (χ2n) is 5.27. The van der Waals surface area contributed by atoms with Crippen molar-refractivity contribution in [1.82, 2.24) is 0 Å². The molecule has 2 amide bonds. The van der Waals surface area contributed by atoms with Gasteiger partial charge in [0, 0.05) is 10.7 Å². The molecule has 7 nitrogen and oxygen atoms in total. The number of anilines is 2. The number of ketones is 1. The van der Waals surface area contributed by atoms with Crippen molar-refractivity contribution in [2.75, 3.05) is 10.3 Å². The Hall–Kier alpha value is -3.19. The molecule has 0 spiro atoms. The van der Waals surface area contributed by atoms with Crippen LogP contribution in [0.1, 0.15) is 0 Å². The summed E-state index contributed by atoms with van der Waals surface area (Å²) in [5.74, 6) is -4.24. The van der Waals surface area contributed by atoms with E-state index < -0.39 is 23.5 Å². The van der Waals surface area contributed by atoms with Gasteiger partial charge in [-0.25, -0.2) is 0 Å². The van der Waals surface area contributed by atoms with Crippen LogP contribution >= 0.6 is 11.6 Å². The highest BCUT2D eigenvalue weighted by Gasteiger charge is 2.43. The Morgan fingerprint density at radius 1 is 1.08 bits per heavy atom. The molecule has 1 aliphatic heterocycles. The fourth-order valence-corrected chi connectivity index (χ4v) is 2.45. The Morgan fingerprint density at radius 3 is 2.36 bits per heavy atom. The highest BCUT2D eigenvalue weighted by Crippen LogP contribution is 2.23. The van der Waals surface area contributed by atoms with Crippen LogP contribution in [0.2, 0.25) is 5.02 Å². The number of carbonyl (C=O) groups excluding carboxylic acids is 3. The lowest BCUT2D eigenvalue weighted by Gasteiger charge is -2.13. The van der Waals surface area contributed by atoms with E-state index in [1.54, 1.807) is 42.5 Å². The van der Waals surface area contributed by atoms with E-state index in [4.69, 9.17) is 17.3 Å². The fourth-order valence-electron chi connectivity index (χ4n) is 2.33. The van der Waals surface area contributed by atoms with E-state index in [1.807, 2.05) is 0 Å². The number of Topliss-reactive ketones (excluding diaryl/α,β-unsaturated/α-hetero) is 1. The summed E-state index contributed by atoms with van der Waals surface area (Å²) in [4.78, 5) is 37.0. The molecule has 0 saturated heterocycles. The van der Waals surface area contributed by atoms with E-state index in [0.717, 1.165) is 5.01 Å². The molecule has 0 unspecified atom stereocenters. The number of benzene rings is 2. The fraction of sp³-hybridized carbons (Fsp3) is 0.0588. The van der Waals surface area contributed by atoms with Crippen LogP contribution in [0.15, 0.2) is 59.7 Å². The number of nitrogens with one attached hydrogen (secondary N) is 1. The molecule has 3 rings (SSSR count). The van der Waals surface area contributed by atoms with Crippen molar-refractivity contribution in [1.29, 1.82) is 0 Å². The maximum Gasteiger partial charge on any atom is 0.293 e. The molecule has 1 atom stereocenters. The third kappa shape index (κ3) is 3.36. The van der Waals surface area contributed by atoms with Crippen LogP contribution in [0.25, 0.3) is 0 Å². The van der Waals surface area contributed by atoms with Gasteiger partial charge in [-0.1, -0.05) is 29.8 Å². The molecule has 1 heterocycles. The summed E-state index contributed by atoms with van der Waals surface area (Å²) < 4.78 is 0. The third-order valence-corrected chi connectivity index (χ3v) is 3.81. The van der Waals surface area contributed by atoms with Crippen LogP contribution in [0, 0.1) is 5.92 Å². The summed E-state index contributed by atoms with van der Waals surface area (Å²) in [6.07, 6.45) is 0. The SMILES string of the molecule is NC1=NN(c2ccccc2)C(=O)[C@H]1C(=O)C(=O)Nc1ccc(Cl)cc1. The monoisotopic (exact) mass is 356 g/mol. The number of nitrogens with zero attached hydrogens (tertiary/aromatic N) is 2. The number of hydrazone groups is 1. The topological polar surface area (TPSA) is 105 Å². The van der Waals surface area contributed by atoms with Crippen molar-refractivity contribution in [2.24, 2.45) is 16.8 Å². The quantitative estimate of drug-likeness (QED) is 0.643. The lowest BCUT2D eigenvalue weighted by Crippen LogP contribution is -2.41. The zero-order valence-electron chi connectivity index (χ0n) is 12.8. The van der Waals surface area contributed by atoms with Gasteiger partial charge >= 0.3 is 0 Å². The number of carbonyl (C=O) groups is 3. The van der Waals surface area contributed by atoms with Gasteiger partial charge in [-0.2, -0.15) is 10.1 Å². The van der Waals surface area contributed by atoms with E-state index in [-0.39, 0.29) is 5.84 Å². The first-order valence-electron chi connectivity index (χ1n) is 7.31. The molecule has 3 N–H and O–H groups in total. The van der Waals surface area contributed by atoms with Crippen LogP contribution in [-0.4, -0.2) is 23.4 Å². The predicted molar refractivity (Wildman–Crippen MR) is 94.1 cm³/mol. The molecule has 126 valence electrons. The molecule has 2 aromatic rings. The van der Waals surface area contributed by atoms with Crippen LogP contribution < -0.4 is 16.1 Å². The van der Waals surface area contributed by atoms with E-state index in [0.29, 0.717) is 16.4 Å². The number of hydrogen-bond donors (Lipinski definition) is 2. The zero-order valence-corrected chi connectivity index (χ0v) is 13.6. The Kier molecular flexibility index (Phi) is 4.49. The molecule has 0 aliphatic carbocycles. The average molecular weight is 357 g/mol. The minimum Gasteiger partial charge on any atom is -0.385 e. The summed E-state index contributed by atoms with van der Waals surface area (Å²) in [6, 6.07) is 14.7. The van der Waals surface area contributed by atoms with Gasteiger partial charge < -0.3 is 11.1 Å². The van der Waals surface area contributed by atoms with Crippen LogP contribution in [0.3, 0.4) is 0 Å². The van der Waals surface area contributed by atoms with Crippen molar-refractivity contribution < 1.29 is 14.4 Å². The minimum absolute atomic E-state index is 0.217. The molecule has 0 bridgehead atoms. The molecule has 0 saturated carbocycles. The highest BCUT2D eigenvalue weighted by atomic mass is 35.5. The van der Waals surface area contributed by atoms with Crippen molar-refractivity contribution in [2.45, 2.75) is 0 Å². The standard InChI is InChI=1S/C17H13ClN4O3/c18-10-6-8-11(9-7-10)20-16(24)14(23)13-15(19)21-22(17(13)25)12-4-2-1-3-5-12/h1-9,13H,(H2,19,21)(H,20,24)/t13-/m0/s1. The largest absolute Gasteiger partial charge is 0.385 e. The van der Waals surface area contributed by atoms with Gasteiger partial charge in [0.1, 0.15) is 5.84 Å². The summed E-state index contributed by atoms with van der Waals surface area (Å²) in [5, 5.41) is 7.83. The minimum atomic E-state index is -1.44. The Morgan fingerprint density at radius 2 is 1.72 bits per heavy atom. The number of amides is 2. The van der Waals surface area contributed by atoms with Crippen LogP contribution in [0.5, 0.6) is 0 Å². The van der Waals surface area contributed by atoms with Gasteiger partial charge in [0.05, 0.1) is 5.69 Å². The lowest BCUT2D eigenvalue weighted by atomic mass is 10.0. The van der Waals surface area contributed by atoms with Gasteiger partial charge in [0.15, 0.2) is 5.92 Å². The molecule has 2 aromatic carbocycles. The van der Waals surface area contributed by atoms with Crippen LogP contribution in [0.4, 0.5) is 11.4 Å². The number of hydrogen-bond acceptors (Lipinski definition) is 5. The Bertz CT molecular complexity index is 865. The molecular formula is C17H13ClN4O3. The molecule has 0 aromatic heterocycles. The number of rotatable bonds is 4. The molecule has 25 heavy (non-hydrogen) atoms. The molecule has 0 radical (unpaired) electrons. The smallest absolute Gasteiger partial charge is 0.293 e. The van der Waals surface area contributed by atoms with Gasteiger partial charge in [-0.05, 0) is 36.4 Å². The first-order valence-corrected chi connectivity index (χ1v) is 7.69. The first kappa shape index (κ1) is 16.7. The average Bonchev–Trinajstić information content (AvgIpc) is 2.91. The second-order valence-corrected chi connectivity index (χ2v) is 5.71. The van der Waals surface area contributed by atoms with Crippen molar-refractivity contribution in [3.8, 4) is 0 Å². The first-order chi connectivity index (χ1) is 12.0. The molecule has 0 fully saturated rings. The number of para-hydroxylation sites is 1. The van der Waals surface area contributed by atoms with Gasteiger partial charge in [-0.3, -0.25) is 14.4 Å². The highest BCUT2D eigenvalue weighted by molar-refractivity contribution is 6.50. The van der Waals surface area contributed by atoms with Gasteiger partial charge in [0.2, 0.25) is 5.78 Å². The number of nitrogens with two attached hydrogens (primary N) is 1. The molecule has 8 heteroatoms. The van der Waals surface area contributed by atoms with Crippen molar-refractivity contribution >= 4 is 46.4 Å². The van der Waals surface area contributed by atoms with Gasteiger partial charge in [0.25, 0.3) is 11.8 Å². The van der Waals surface area contributed by atoms with Gasteiger partial charge in [-0.15, -0.1) is 0 Å².